The van der Waals surface area contributed by atoms with Gasteiger partial charge in [-0.25, -0.2) is 4.79 Å². The molecule has 90 valence electrons. The van der Waals surface area contributed by atoms with Crippen LogP contribution in [0.2, 0.25) is 0 Å². The highest BCUT2D eigenvalue weighted by atomic mass is 16.5. The van der Waals surface area contributed by atoms with E-state index in [1.165, 1.54) is 0 Å². The van der Waals surface area contributed by atoms with Crippen LogP contribution in [0, 0.1) is 22.7 Å². The van der Waals surface area contributed by atoms with Crippen LogP contribution in [0.4, 0.5) is 0 Å². The fourth-order valence-corrected chi connectivity index (χ4v) is 3.86. The first-order valence-corrected chi connectivity index (χ1v) is 6.11. The fraction of sp³-hybridized carbons (Fsp3) is 0.786. The molecule has 2 fully saturated rings. The number of ether oxygens (including phenoxy) is 1. The first-order chi connectivity index (χ1) is 7.25. The van der Waals surface area contributed by atoms with Gasteiger partial charge in [0.05, 0.1) is 0 Å². The summed E-state index contributed by atoms with van der Waals surface area (Å²) in [6.07, 6.45) is 1.08. The Kier molecular flexibility index (Phi) is 2.28. The van der Waals surface area contributed by atoms with Gasteiger partial charge < -0.3 is 4.74 Å². The molecular weight excluding hydrogens is 200 g/mol. The fourth-order valence-electron chi connectivity index (χ4n) is 3.86. The summed E-state index contributed by atoms with van der Waals surface area (Å²) < 4.78 is 5.53. The minimum absolute atomic E-state index is 0.0791. The number of carbonyl (C=O) groups is 1. The van der Waals surface area contributed by atoms with Crippen molar-refractivity contribution in [3.05, 3.63) is 12.2 Å². The quantitative estimate of drug-likeness (QED) is 0.530. The number of rotatable bonds is 2. The molecule has 2 nitrogen and oxygen atoms in total. The summed E-state index contributed by atoms with van der Waals surface area (Å²) in [4.78, 5) is 11.5. The van der Waals surface area contributed by atoms with Gasteiger partial charge in [-0.15, -0.1) is 0 Å². The molecular formula is C14H22O2. The predicted octanol–water partition coefficient (Wildman–Crippen LogP) is 3.18. The van der Waals surface area contributed by atoms with Crippen LogP contribution in [0.1, 0.15) is 41.0 Å². The van der Waals surface area contributed by atoms with Crippen molar-refractivity contribution in [3.8, 4) is 0 Å². The number of esters is 1. The molecule has 2 heteroatoms. The van der Waals surface area contributed by atoms with E-state index in [0.29, 0.717) is 22.3 Å². The van der Waals surface area contributed by atoms with Gasteiger partial charge in [0, 0.05) is 5.57 Å². The Morgan fingerprint density at radius 3 is 2.31 bits per heavy atom. The van der Waals surface area contributed by atoms with Crippen molar-refractivity contribution in [2.75, 3.05) is 0 Å². The standard InChI is InChI=1S/C14H22O2/c1-8(2)12(15)16-11-7-13(5)10(4)14(13,6)9(11)3/h9-11H,1,7H2,2-6H3. The molecule has 16 heavy (non-hydrogen) atoms. The van der Waals surface area contributed by atoms with Gasteiger partial charge in [-0.3, -0.25) is 0 Å². The molecule has 2 saturated carbocycles. The van der Waals surface area contributed by atoms with Crippen molar-refractivity contribution in [1.29, 1.82) is 0 Å². The third-order valence-electron chi connectivity index (χ3n) is 5.74. The zero-order valence-electron chi connectivity index (χ0n) is 11.0. The van der Waals surface area contributed by atoms with E-state index in [2.05, 4.69) is 34.3 Å². The van der Waals surface area contributed by atoms with E-state index in [-0.39, 0.29) is 12.1 Å². The molecule has 0 heterocycles. The molecule has 0 aliphatic heterocycles. The minimum atomic E-state index is -0.238. The van der Waals surface area contributed by atoms with E-state index < -0.39 is 0 Å². The number of carbonyl (C=O) groups excluding carboxylic acids is 1. The van der Waals surface area contributed by atoms with Crippen molar-refractivity contribution in [2.45, 2.75) is 47.1 Å². The molecule has 5 unspecified atom stereocenters. The lowest BCUT2D eigenvalue weighted by Crippen LogP contribution is -2.27. The molecule has 0 bridgehead atoms. The molecule has 0 aromatic heterocycles. The van der Waals surface area contributed by atoms with Gasteiger partial charge in [0.15, 0.2) is 0 Å². The molecule has 2 aliphatic carbocycles. The summed E-state index contributed by atoms with van der Waals surface area (Å²) in [5.74, 6) is 0.962. The summed E-state index contributed by atoms with van der Waals surface area (Å²) in [5.41, 5.74) is 1.22. The average molecular weight is 222 g/mol. The lowest BCUT2D eigenvalue weighted by atomic mass is 9.89. The van der Waals surface area contributed by atoms with Crippen molar-refractivity contribution in [1.82, 2.24) is 0 Å². The largest absolute Gasteiger partial charge is 0.459 e. The average Bonchev–Trinajstić information content (AvgIpc) is 2.53. The van der Waals surface area contributed by atoms with Crippen molar-refractivity contribution >= 4 is 5.97 Å². The number of fused-ring (bicyclic) bond motifs is 1. The van der Waals surface area contributed by atoms with Crippen LogP contribution >= 0.6 is 0 Å². The minimum Gasteiger partial charge on any atom is -0.459 e. The van der Waals surface area contributed by atoms with Gasteiger partial charge in [-0.2, -0.15) is 0 Å². The van der Waals surface area contributed by atoms with Crippen LogP contribution in [-0.2, 0) is 9.53 Å². The van der Waals surface area contributed by atoms with Gasteiger partial charge in [0.25, 0.3) is 0 Å². The Hall–Kier alpha value is -0.790. The monoisotopic (exact) mass is 222 g/mol. The Morgan fingerprint density at radius 1 is 1.38 bits per heavy atom. The van der Waals surface area contributed by atoms with E-state index in [9.17, 15) is 4.79 Å². The topological polar surface area (TPSA) is 26.3 Å². The maximum Gasteiger partial charge on any atom is 0.333 e. The smallest absolute Gasteiger partial charge is 0.333 e. The zero-order chi connectivity index (χ0) is 12.3. The van der Waals surface area contributed by atoms with Crippen molar-refractivity contribution in [3.63, 3.8) is 0 Å². The van der Waals surface area contributed by atoms with E-state index in [1.807, 2.05) is 0 Å². The molecule has 0 radical (unpaired) electrons. The second-order valence-electron chi connectivity index (χ2n) is 6.14. The summed E-state index contributed by atoms with van der Waals surface area (Å²) in [6.45, 7) is 14.5. The maximum absolute atomic E-state index is 11.5. The molecule has 0 aromatic carbocycles. The second kappa shape index (κ2) is 3.12. The summed E-state index contributed by atoms with van der Waals surface area (Å²) in [6, 6.07) is 0. The highest BCUT2D eigenvalue weighted by Crippen LogP contribution is 2.79. The SMILES string of the molecule is C=C(C)C(=O)OC1CC2(C)C(C)C2(C)C1C. The zero-order valence-corrected chi connectivity index (χ0v) is 11.0. The molecule has 0 aromatic rings. The third kappa shape index (κ3) is 1.16. The Balaban J connectivity index is 2.08. The normalized spacial score (nSPS) is 49.7. The molecule has 0 saturated heterocycles. The lowest BCUT2D eigenvalue weighted by Gasteiger charge is -2.24. The van der Waals surface area contributed by atoms with Crippen molar-refractivity contribution in [2.24, 2.45) is 22.7 Å². The van der Waals surface area contributed by atoms with E-state index in [1.54, 1.807) is 6.92 Å². The van der Waals surface area contributed by atoms with Gasteiger partial charge in [0.1, 0.15) is 6.10 Å². The van der Waals surface area contributed by atoms with E-state index in [0.717, 1.165) is 12.3 Å². The van der Waals surface area contributed by atoms with Crippen LogP contribution in [0.5, 0.6) is 0 Å². The van der Waals surface area contributed by atoms with E-state index >= 15 is 0 Å². The summed E-state index contributed by atoms with van der Waals surface area (Å²) >= 11 is 0. The van der Waals surface area contributed by atoms with Crippen LogP contribution in [0.3, 0.4) is 0 Å². The van der Waals surface area contributed by atoms with Gasteiger partial charge in [0.2, 0.25) is 0 Å². The molecule has 2 aliphatic rings. The highest BCUT2D eigenvalue weighted by Gasteiger charge is 2.76. The maximum atomic E-state index is 11.5. The first kappa shape index (κ1) is 11.7. The van der Waals surface area contributed by atoms with Gasteiger partial charge in [-0.05, 0) is 36.0 Å². The molecule has 0 amide bonds. The molecule has 2 rings (SSSR count). The van der Waals surface area contributed by atoms with Crippen LogP contribution in [0.15, 0.2) is 12.2 Å². The molecule has 5 atom stereocenters. The Morgan fingerprint density at radius 2 is 1.94 bits per heavy atom. The third-order valence-corrected chi connectivity index (χ3v) is 5.74. The van der Waals surface area contributed by atoms with E-state index in [4.69, 9.17) is 4.74 Å². The Labute approximate surface area is 98.1 Å². The molecule has 0 spiro atoms. The second-order valence-corrected chi connectivity index (χ2v) is 6.14. The van der Waals surface area contributed by atoms with Crippen LogP contribution < -0.4 is 0 Å². The Bertz CT molecular complexity index is 360. The van der Waals surface area contributed by atoms with Crippen LogP contribution in [0.25, 0.3) is 0 Å². The lowest BCUT2D eigenvalue weighted by molar-refractivity contribution is -0.147. The summed E-state index contributed by atoms with van der Waals surface area (Å²) in [5, 5.41) is 0. The van der Waals surface area contributed by atoms with Gasteiger partial charge in [-0.1, -0.05) is 34.3 Å². The summed E-state index contributed by atoms with van der Waals surface area (Å²) in [7, 11) is 0. The molecule has 0 N–H and O–H groups in total. The van der Waals surface area contributed by atoms with Gasteiger partial charge >= 0.3 is 5.97 Å². The van der Waals surface area contributed by atoms with Crippen molar-refractivity contribution < 1.29 is 9.53 Å². The van der Waals surface area contributed by atoms with Crippen LogP contribution in [-0.4, -0.2) is 12.1 Å². The highest BCUT2D eigenvalue weighted by molar-refractivity contribution is 5.87. The predicted molar refractivity (Wildman–Crippen MR) is 63.9 cm³/mol. The first-order valence-electron chi connectivity index (χ1n) is 6.11. The number of hydrogen-bond acceptors (Lipinski definition) is 2. The number of hydrogen-bond donors (Lipinski definition) is 0.